The summed E-state index contributed by atoms with van der Waals surface area (Å²) in [5.41, 5.74) is -0.502. The molecule has 156 valence electrons. The van der Waals surface area contributed by atoms with E-state index >= 15 is 0 Å². The van der Waals surface area contributed by atoms with Gasteiger partial charge in [0.1, 0.15) is 16.3 Å². The first-order valence-corrected chi connectivity index (χ1v) is 11.3. The third-order valence-electron chi connectivity index (χ3n) is 5.46. The quantitative estimate of drug-likeness (QED) is 0.644. The molecule has 1 aliphatic rings. The smallest absolute Gasteiger partial charge is 0.245 e. The number of sulfonamides is 1. The van der Waals surface area contributed by atoms with Crippen LogP contribution in [0.15, 0.2) is 65.7 Å². The Bertz CT molecular complexity index is 1170. The van der Waals surface area contributed by atoms with Crippen LogP contribution in [-0.4, -0.2) is 24.8 Å². The summed E-state index contributed by atoms with van der Waals surface area (Å²) in [5, 5.41) is 3.45. The molecule has 1 fully saturated rings. The van der Waals surface area contributed by atoms with Crippen LogP contribution in [0.1, 0.15) is 32.1 Å². The summed E-state index contributed by atoms with van der Waals surface area (Å²) in [6.07, 6.45) is 4.71. The van der Waals surface area contributed by atoms with Gasteiger partial charge in [-0.05, 0) is 49.2 Å². The van der Waals surface area contributed by atoms with Gasteiger partial charge in [0.05, 0.1) is 5.52 Å². The van der Waals surface area contributed by atoms with Crippen molar-refractivity contribution in [2.75, 3.05) is 5.32 Å². The van der Waals surface area contributed by atoms with Gasteiger partial charge in [0, 0.05) is 17.3 Å². The van der Waals surface area contributed by atoms with Gasteiger partial charge in [0.25, 0.3) is 0 Å². The van der Waals surface area contributed by atoms with Crippen LogP contribution in [-0.2, 0) is 14.8 Å². The zero-order valence-electron chi connectivity index (χ0n) is 16.3. The normalized spacial score (nSPS) is 16.3. The number of fused-ring (bicyclic) bond motifs is 1. The second-order valence-electron chi connectivity index (χ2n) is 7.54. The highest BCUT2D eigenvalue weighted by atomic mass is 32.2. The molecule has 6 nitrogen and oxygen atoms in total. The Morgan fingerprint density at radius 1 is 0.967 bits per heavy atom. The number of para-hydroxylation sites is 1. The maximum Gasteiger partial charge on any atom is 0.245 e. The molecule has 2 N–H and O–H groups in total. The average Bonchev–Trinajstić information content (AvgIpc) is 2.75. The molecule has 1 aromatic heterocycles. The zero-order chi connectivity index (χ0) is 21.2. The van der Waals surface area contributed by atoms with Crippen LogP contribution in [0.4, 0.5) is 10.1 Å². The minimum atomic E-state index is -4.02. The monoisotopic (exact) mass is 427 g/mol. The van der Waals surface area contributed by atoms with Gasteiger partial charge < -0.3 is 5.32 Å². The lowest BCUT2D eigenvalue weighted by Gasteiger charge is -2.36. The van der Waals surface area contributed by atoms with Gasteiger partial charge in [-0.25, -0.2) is 12.8 Å². The summed E-state index contributed by atoms with van der Waals surface area (Å²) in [7, 11) is -4.02. The largest absolute Gasteiger partial charge is 0.324 e. The van der Waals surface area contributed by atoms with Gasteiger partial charge in [0.15, 0.2) is 0 Å². The Hall–Kier alpha value is -2.84. The first kappa shape index (κ1) is 20.4. The third-order valence-corrected chi connectivity index (χ3v) is 7.03. The summed E-state index contributed by atoms with van der Waals surface area (Å²) in [4.78, 5) is 17.5. The van der Waals surface area contributed by atoms with Crippen molar-refractivity contribution in [1.82, 2.24) is 9.71 Å². The van der Waals surface area contributed by atoms with E-state index in [0.717, 1.165) is 19.3 Å². The molecule has 30 heavy (non-hydrogen) atoms. The van der Waals surface area contributed by atoms with E-state index in [1.807, 2.05) is 0 Å². The summed E-state index contributed by atoms with van der Waals surface area (Å²) >= 11 is 0. The molecular weight excluding hydrogens is 405 g/mol. The maximum atomic E-state index is 13.3. The number of nitrogens with one attached hydrogen (secondary N) is 2. The van der Waals surface area contributed by atoms with E-state index in [0.29, 0.717) is 29.4 Å². The molecule has 0 aliphatic heterocycles. The highest BCUT2D eigenvalue weighted by Gasteiger charge is 2.43. The lowest BCUT2D eigenvalue weighted by Crippen LogP contribution is -2.57. The van der Waals surface area contributed by atoms with E-state index < -0.39 is 27.3 Å². The minimum Gasteiger partial charge on any atom is -0.324 e. The van der Waals surface area contributed by atoms with Crippen molar-refractivity contribution in [2.45, 2.75) is 42.5 Å². The number of hydrogen-bond acceptors (Lipinski definition) is 4. The summed E-state index contributed by atoms with van der Waals surface area (Å²) in [6, 6.07) is 13.9. The first-order chi connectivity index (χ1) is 14.4. The summed E-state index contributed by atoms with van der Waals surface area (Å²) in [5.74, 6) is -0.852. The number of rotatable bonds is 5. The van der Waals surface area contributed by atoms with Crippen LogP contribution in [0.2, 0.25) is 0 Å². The van der Waals surface area contributed by atoms with Crippen LogP contribution < -0.4 is 10.0 Å². The second kappa shape index (κ2) is 8.12. The first-order valence-electron chi connectivity index (χ1n) is 9.84. The lowest BCUT2D eigenvalue weighted by atomic mass is 9.82. The van der Waals surface area contributed by atoms with Crippen LogP contribution in [0, 0.1) is 5.82 Å². The Morgan fingerprint density at radius 3 is 2.40 bits per heavy atom. The fourth-order valence-corrected chi connectivity index (χ4v) is 5.52. The van der Waals surface area contributed by atoms with E-state index in [4.69, 9.17) is 0 Å². The fraction of sp³-hybridized carbons (Fsp3) is 0.273. The van der Waals surface area contributed by atoms with E-state index in [9.17, 15) is 17.6 Å². The van der Waals surface area contributed by atoms with Crippen molar-refractivity contribution in [2.24, 2.45) is 0 Å². The van der Waals surface area contributed by atoms with Crippen LogP contribution in [0.3, 0.4) is 0 Å². The molecule has 3 aromatic rings. The molecule has 1 heterocycles. The molecule has 0 radical (unpaired) electrons. The van der Waals surface area contributed by atoms with Crippen LogP contribution in [0.5, 0.6) is 0 Å². The number of pyridine rings is 1. The number of anilines is 1. The highest BCUT2D eigenvalue weighted by molar-refractivity contribution is 7.89. The molecule has 1 amide bonds. The Labute approximate surface area is 174 Å². The Morgan fingerprint density at radius 2 is 1.67 bits per heavy atom. The van der Waals surface area contributed by atoms with Crippen molar-refractivity contribution in [3.8, 4) is 0 Å². The van der Waals surface area contributed by atoms with Gasteiger partial charge in [-0.15, -0.1) is 0 Å². The Kier molecular flexibility index (Phi) is 5.53. The van der Waals surface area contributed by atoms with Gasteiger partial charge in [-0.3, -0.25) is 9.78 Å². The molecule has 0 saturated heterocycles. The van der Waals surface area contributed by atoms with E-state index in [2.05, 4.69) is 15.0 Å². The van der Waals surface area contributed by atoms with Gasteiger partial charge in [-0.2, -0.15) is 4.72 Å². The number of benzene rings is 2. The molecule has 2 aromatic carbocycles. The van der Waals surface area contributed by atoms with E-state index in [-0.39, 0.29) is 4.90 Å². The second-order valence-corrected chi connectivity index (χ2v) is 9.19. The molecule has 8 heteroatoms. The summed E-state index contributed by atoms with van der Waals surface area (Å²) < 4.78 is 42.6. The molecule has 0 unspecified atom stereocenters. The number of halogens is 1. The number of amides is 1. The fourth-order valence-electron chi connectivity index (χ4n) is 3.92. The molecule has 0 bridgehead atoms. The molecule has 0 spiro atoms. The van der Waals surface area contributed by atoms with Crippen LogP contribution >= 0.6 is 0 Å². The van der Waals surface area contributed by atoms with E-state index in [1.165, 1.54) is 30.3 Å². The topological polar surface area (TPSA) is 88.2 Å². The van der Waals surface area contributed by atoms with Gasteiger partial charge in [0.2, 0.25) is 15.9 Å². The number of aromatic nitrogens is 1. The van der Waals surface area contributed by atoms with Crippen LogP contribution in [0.25, 0.3) is 10.9 Å². The predicted molar refractivity (Wildman–Crippen MR) is 113 cm³/mol. The van der Waals surface area contributed by atoms with Crippen molar-refractivity contribution in [1.29, 1.82) is 0 Å². The van der Waals surface area contributed by atoms with Crippen molar-refractivity contribution in [3.63, 3.8) is 0 Å². The number of carbonyl (C=O) groups is 1. The SMILES string of the molecule is O=C(Nc1ccc(F)cc1)C1(NS(=O)(=O)c2cccc3cccnc23)CCCCC1. The lowest BCUT2D eigenvalue weighted by molar-refractivity contribution is -0.122. The van der Waals surface area contributed by atoms with Crippen molar-refractivity contribution < 1.29 is 17.6 Å². The number of carbonyl (C=O) groups excluding carboxylic acids is 1. The summed E-state index contributed by atoms with van der Waals surface area (Å²) in [6.45, 7) is 0. The minimum absolute atomic E-state index is 0.0418. The van der Waals surface area contributed by atoms with Crippen molar-refractivity contribution >= 4 is 32.5 Å². The number of nitrogens with zero attached hydrogens (tertiary/aromatic N) is 1. The molecule has 4 rings (SSSR count). The predicted octanol–water partition coefficient (Wildman–Crippen LogP) is 3.99. The average molecular weight is 428 g/mol. The standard InChI is InChI=1S/C22H22FN3O3S/c23-17-9-11-18(12-10-17)25-21(27)22(13-2-1-3-14-22)26-30(28,29)19-8-4-6-16-7-5-15-24-20(16)19/h4-12,15,26H,1-3,13-14H2,(H,25,27). The highest BCUT2D eigenvalue weighted by Crippen LogP contribution is 2.32. The molecule has 1 saturated carbocycles. The maximum absolute atomic E-state index is 13.3. The van der Waals surface area contributed by atoms with Crippen molar-refractivity contribution in [3.05, 3.63) is 66.6 Å². The third kappa shape index (κ3) is 4.06. The molecular formula is C22H22FN3O3S. The molecule has 1 aliphatic carbocycles. The van der Waals surface area contributed by atoms with E-state index in [1.54, 1.807) is 30.5 Å². The molecule has 0 atom stereocenters. The zero-order valence-corrected chi connectivity index (χ0v) is 17.1. The van der Waals surface area contributed by atoms with Gasteiger partial charge >= 0.3 is 0 Å². The Balaban J connectivity index is 1.68. The number of hydrogen-bond donors (Lipinski definition) is 2. The van der Waals surface area contributed by atoms with Gasteiger partial charge in [-0.1, -0.05) is 37.5 Å².